The zero-order chi connectivity index (χ0) is 13.5. The average Bonchev–Trinajstić information content (AvgIpc) is 2.48. The first kappa shape index (κ1) is 15.1. The van der Waals surface area contributed by atoms with Crippen LogP contribution in [0.3, 0.4) is 0 Å². The second-order valence-electron chi connectivity index (χ2n) is 6.66. The van der Waals surface area contributed by atoms with Gasteiger partial charge < -0.3 is 4.74 Å². The first-order valence-corrected chi connectivity index (χ1v) is 8.53. The van der Waals surface area contributed by atoms with Crippen LogP contribution >= 0.6 is 0 Å². The Kier molecular flexibility index (Phi) is 6.43. The Morgan fingerprint density at radius 2 is 1.47 bits per heavy atom. The van der Waals surface area contributed by atoms with Gasteiger partial charge in [0.1, 0.15) is 0 Å². The molecule has 0 heterocycles. The topological polar surface area (TPSA) is 9.23 Å². The predicted molar refractivity (Wildman–Crippen MR) is 82.3 cm³/mol. The number of unbranched alkanes of at least 4 members (excludes halogenated alkanes) is 1. The Morgan fingerprint density at radius 1 is 0.895 bits per heavy atom. The molecule has 0 amide bonds. The third kappa shape index (κ3) is 4.63. The molecule has 0 spiro atoms. The molecule has 0 aromatic heterocycles. The van der Waals surface area contributed by atoms with Crippen molar-refractivity contribution in [2.24, 2.45) is 17.8 Å². The van der Waals surface area contributed by atoms with Crippen LogP contribution in [-0.2, 0) is 4.74 Å². The monoisotopic (exact) mass is 264 g/mol. The summed E-state index contributed by atoms with van der Waals surface area (Å²) >= 11 is 0. The lowest BCUT2D eigenvalue weighted by Gasteiger charge is -2.37. The summed E-state index contributed by atoms with van der Waals surface area (Å²) in [6.07, 6.45) is 19.3. The van der Waals surface area contributed by atoms with Gasteiger partial charge in [-0.3, -0.25) is 0 Å². The molecule has 0 N–H and O–H groups in total. The molecular formula is C18H32O. The summed E-state index contributed by atoms with van der Waals surface area (Å²) in [5.41, 5.74) is 0. The molecule has 2 aliphatic carbocycles. The minimum absolute atomic E-state index is 0.560. The predicted octanol–water partition coefficient (Wildman–Crippen LogP) is 5.35. The molecule has 0 atom stereocenters. The van der Waals surface area contributed by atoms with E-state index in [9.17, 15) is 0 Å². The molecule has 2 aliphatic rings. The van der Waals surface area contributed by atoms with Crippen LogP contribution in [0.4, 0.5) is 0 Å². The Morgan fingerprint density at radius 3 is 2.00 bits per heavy atom. The molecule has 0 aliphatic heterocycles. The quantitative estimate of drug-likeness (QED) is 0.608. The maximum atomic E-state index is 5.49. The summed E-state index contributed by atoms with van der Waals surface area (Å²) in [6, 6.07) is 0. The van der Waals surface area contributed by atoms with Crippen molar-refractivity contribution < 1.29 is 4.74 Å². The first-order valence-electron chi connectivity index (χ1n) is 8.53. The zero-order valence-electron chi connectivity index (χ0n) is 12.9. The van der Waals surface area contributed by atoms with Crippen molar-refractivity contribution in [2.75, 3.05) is 7.11 Å². The van der Waals surface area contributed by atoms with Crippen molar-refractivity contribution in [3.63, 3.8) is 0 Å². The molecule has 0 aromatic carbocycles. The summed E-state index contributed by atoms with van der Waals surface area (Å²) in [7, 11) is 1.87. The maximum absolute atomic E-state index is 5.49. The molecule has 0 bridgehead atoms. The van der Waals surface area contributed by atoms with Crippen LogP contribution in [0.5, 0.6) is 0 Å². The van der Waals surface area contributed by atoms with Gasteiger partial charge in [-0.2, -0.15) is 0 Å². The largest absolute Gasteiger partial charge is 0.381 e. The van der Waals surface area contributed by atoms with E-state index in [-0.39, 0.29) is 0 Å². The SMILES string of the molecule is CCC/C=C/C1CCC([C@H]2CC[C@H](OC)CC2)CC1. The molecule has 0 radical (unpaired) electrons. The smallest absolute Gasteiger partial charge is 0.0571 e. The van der Waals surface area contributed by atoms with Crippen molar-refractivity contribution in [3.05, 3.63) is 12.2 Å². The van der Waals surface area contributed by atoms with Gasteiger partial charge >= 0.3 is 0 Å². The fourth-order valence-electron chi connectivity index (χ4n) is 4.06. The summed E-state index contributed by atoms with van der Waals surface area (Å²) in [4.78, 5) is 0. The molecule has 110 valence electrons. The number of allylic oxidation sites excluding steroid dienone is 2. The fourth-order valence-corrected chi connectivity index (χ4v) is 4.06. The molecule has 1 heteroatoms. The van der Waals surface area contributed by atoms with Crippen molar-refractivity contribution in [1.82, 2.24) is 0 Å². The average molecular weight is 264 g/mol. The van der Waals surface area contributed by atoms with Crippen LogP contribution in [0, 0.1) is 17.8 Å². The second-order valence-corrected chi connectivity index (χ2v) is 6.66. The summed E-state index contributed by atoms with van der Waals surface area (Å²) in [6.45, 7) is 2.26. The van der Waals surface area contributed by atoms with Crippen molar-refractivity contribution >= 4 is 0 Å². The van der Waals surface area contributed by atoms with E-state index in [0.29, 0.717) is 6.10 Å². The molecular weight excluding hydrogens is 232 g/mol. The van der Waals surface area contributed by atoms with Crippen LogP contribution in [0.2, 0.25) is 0 Å². The molecule has 2 saturated carbocycles. The highest BCUT2D eigenvalue weighted by molar-refractivity contribution is 4.92. The van der Waals surface area contributed by atoms with Crippen LogP contribution in [0.15, 0.2) is 12.2 Å². The standard InChI is InChI=1S/C18H32O/c1-3-4-5-6-15-7-9-16(10-8-15)17-11-13-18(19-2)14-12-17/h5-6,15-18H,3-4,7-14H2,1-2H3/b6-5+/t15?,16?,17-,18-. The highest BCUT2D eigenvalue weighted by Gasteiger charge is 2.30. The van der Waals surface area contributed by atoms with Crippen molar-refractivity contribution in [1.29, 1.82) is 0 Å². The molecule has 1 nitrogen and oxygen atoms in total. The van der Waals surface area contributed by atoms with Crippen LogP contribution < -0.4 is 0 Å². The second kappa shape index (κ2) is 8.09. The maximum Gasteiger partial charge on any atom is 0.0571 e. The van der Waals surface area contributed by atoms with E-state index in [2.05, 4.69) is 19.1 Å². The van der Waals surface area contributed by atoms with E-state index < -0.39 is 0 Å². The minimum atomic E-state index is 0.560. The van der Waals surface area contributed by atoms with Crippen LogP contribution in [-0.4, -0.2) is 13.2 Å². The first-order chi connectivity index (χ1) is 9.33. The zero-order valence-corrected chi connectivity index (χ0v) is 12.9. The van der Waals surface area contributed by atoms with Crippen LogP contribution in [0.25, 0.3) is 0 Å². The van der Waals surface area contributed by atoms with Gasteiger partial charge in [0, 0.05) is 7.11 Å². The number of ether oxygens (including phenoxy) is 1. The molecule has 0 unspecified atom stereocenters. The van der Waals surface area contributed by atoms with Gasteiger partial charge in [-0.05, 0) is 75.5 Å². The number of methoxy groups -OCH3 is 1. The molecule has 0 aromatic rings. The number of rotatable bonds is 5. The Balaban J connectivity index is 1.68. The number of hydrogen-bond donors (Lipinski definition) is 0. The van der Waals surface area contributed by atoms with Gasteiger partial charge in [0.2, 0.25) is 0 Å². The Labute approximate surface area is 119 Å². The van der Waals surface area contributed by atoms with E-state index in [1.165, 1.54) is 64.2 Å². The Hall–Kier alpha value is -0.300. The van der Waals surface area contributed by atoms with Gasteiger partial charge in [0.25, 0.3) is 0 Å². The summed E-state index contributed by atoms with van der Waals surface area (Å²) < 4.78 is 5.49. The van der Waals surface area contributed by atoms with Crippen LogP contribution in [0.1, 0.15) is 71.1 Å². The van der Waals surface area contributed by atoms with E-state index in [1.54, 1.807) is 0 Å². The van der Waals surface area contributed by atoms with E-state index in [1.807, 2.05) is 7.11 Å². The highest BCUT2D eigenvalue weighted by atomic mass is 16.5. The third-order valence-corrected chi connectivity index (χ3v) is 5.40. The minimum Gasteiger partial charge on any atom is -0.381 e. The lowest BCUT2D eigenvalue weighted by atomic mass is 9.70. The lowest BCUT2D eigenvalue weighted by molar-refractivity contribution is 0.0405. The summed E-state index contributed by atoms with van der Waals surface area (Å²) in [5.74, 6) is 2.92. The van der Waals surface area contributed by atoms with Gasteiger partial charge in [0.05, 0.1) is 6.10 Å². The molecule has 0 saturated heterocycles. The third-order valence-electron chi connectivity index (χ3n) is 5.40. The van der Waals surface area contributed by atoms with E-state index in [0.717, 1.165) is 17.8 Å². The molecule has 2 fully saturated rings. The Bertz CT molecular complexity index is 255. The van der Waals surface area contributed by atoms with E-state index in [4.69, 9.17) is 4.74 Å². The molecule has 19 heavy (non-hydrogen) atoms. The van der Waals surface area contributed by atoms with Gasteiger partial charge in [0.15, 0.2) is 0 Å². The van der Waals surface area contributed by atoms with E-state index >= 15 is 0 Å². The highest BCUT2D eigenvalue weighted by Crippen LogP contribution is 2.40. The van der Waals surface area contributed by atoms with Crippen molar-refractivity contribution in [2.45, 2.75) is 77.2 Å². The van der Waals surface area contributed by atoms with Gasteiger partial charge in [-0.1, -0.05) is 25.5 Å². The summed E-state index contributed by atoms with van der Waals surface area (Å²) in [5, 5.41) is 0. The fraction of sp³-hybridized carbons (Fsp3) is 0.889. The lowest BCUT2D eigenvalue weighted by Crippen LogP contribution is -2.27. The molecule has 2 rings (SSSR count). The normalized spacial score (nSPS) is 36.7. The van der Waals surface area contributed by atoms with Gasteiger partial charge in [-0.25, -0.2) is 0 Å². The van der Waals surface area contributed by atoms with Gasteiger partial charge in [-0.15, -0.1) is 0 Å². The number of hydrogen-bond acceptors (Lipinski definition) is 1. The van der Waals surface area contributed by atoms with Crippen molar-refractivity contribution in [3.8, 4) is 0 Å².